The molecule has 0 saturated heterocycles. The molecule has 148 valence electrons. The molecule has 0 bridgehead atoms. The van der Waals surface area contributed by atoms with Gasteiger partial charge in [0.15, 0.2) is 11.0 Å². The minimum Gasteiger partial charge on any atom is -0.467 e. The van der Waals surface area contributed by atoms with Crippen molar-refractivity contribution >= 4 is 29.3 Å². The maximum absolute atomic E-state index is 12.3. The van der Waals surface area contributed by atoms with E-state index in [0.717, 1.165) is 11.3 Å². The number of hydrogen-bond donors (Lipinski definition) is 1. The number of rotatable bonds is 8. The fraction of sp³-hybridized carbons (Fsp3) is 0.350. The van der Waals surface area contributed by atoms with Gasteiger partial charge >= 0.3 is 0 Å². The van der Waals surface area contributed by atoms with Gasteiger partial charge in [0.25, 0.3) is 0 Å². The fourth-order valence-electron chi connectivity index (χ4n) is 2.50. The molecule has 0 saturated carbocycles. The van der Waals surface area contributed by atoms with Gasteiger partial charge in [-0.15, -0.1) is 10.2 Å². The van der Waals surface area contributed by atoms with Gasteiger partial charge in [-0.25, -0.2) is 0 Å². The predicted octanol–water partition coefficient (Wildman–Crippen LogP) is 4.49. The Bertz CT molecular complexity index is 907. The Balaban J connectivity index is 1.80. The minimum atomic E-state index is -0.0215. The van der Waals surface area contributed by atoms with E-state index in [1.54, 1.807) is 6.26 Å². The van der Waals surface area contributed by atoms with Crippen molar-refractivity contribution in [3.05, 3.63) is 53.4 Å². The molecular weight excluding hydrogens is 396 g/mol. The van der Waals surface area contributed by atoms with Crippen LogP contribution in [0.25, 0.3) is 11.4 Å². The Hall–Kier alpha value is -2.25. The van der Waals surface area contributed by atoms with E-state index >= 15 is 0 Å². The zero-order valence-corrected chi connectivity index (χ0v) is 17.6. The third-order valence-electron chi connectivity index (χ3n) is 4.43. The minimum absolute atomic E-state index is 0.0215. The van der Waals surface area contributed by atoms with Crippen LogP contribution in [0, 0.1) is 5.92 Å². The smallest absolute Gasteiger partial charge is 0.230 e. The van der Waals surface area contributed by atoms with Crippen molar-refractivity contribution < 1.29 is 9.21 Å². The maximum Gasteiger partial charge on any atom is 0.230 e. The lowest BCUT2D eigenvalue weighted by Crippen LogP contribution is -2.37. The van der Waals surface area contributed by atoms with Crippen LogP contribution in [0.4, 0.5) is 0 Å². The first kappa shape index (κ1) is 20.5. The largest absolute Gasteiger partial charge is 0.467 e. The van der Waals surface area contributed by atoms with Crippen LogP contribution in [-0.2, 0) is 11.3 Å². The van der Waals surface area contributed by atoms with Crippen LogP contribution in [0.1, 0.15) is 26.5 Å². The molecule has 3 rings (SSSR count). The standard InChI is InChI=1S/C20H23ClN4O2S/c1-13(2)14(3)22-18(26)12-28-20-24-23-19(15-6-8-16(21)9-7-15)25(20)11-17-5-4-10-27-17/h4-10,13-14H,11-12H2,1-3H3,(H,22,26)/t14-/m1/s1. The average Bonchev–Trinajstić information content (AvgIpc) is 3.31. The Kier molecular flexibility index (Phi) is 6.80. The Labute approximate surface area is 173 Å². The van der Waals surface area contributed by atoms with Crippen LogP contribution in [0.15, 0.2) is 52.2 Å². The third-order valence-corrected chi connectivity index (χ3v) is 5.65. The van der Waals surface area contributed by atoms with Crippen molar-refractivity contribution in [1.29, 1.82) is 0 Å². The topological polar surface area (TPSA) is 73.0 Å². The zero-order valence-electron chi connectivity index (χ0n) is 16.1. The van der Waals surface area contributed by atoms with E-state index in [1.807, 2.05) is 47.9 Å². The summed E-state index contributed by atoms with van der Waals surface area (Å²) < 4.78 is 7.44. The van der Waals surface area contributed by atoms with E-state index in [2.05, 4.69) is 29.4 Å². The first-order valence-corrected chi connectivity index (χ1v) is 10.4. The van der Waals surface area contributed by atoms with Gasteiger partial charge in [-0.1, -0.05) is 37.2 Å². The molecule has 28 heavy (non-hydrogen) atoms. The first-order valence-electron chi connectivity index (χ1n) is 9.07. The molecule has 0 spiro atoms. The molecule has 1 atom stereocenters. The van der Waals surface area contributed by atoms with E-state index in [1.165, 1.54) is 11.8 Å². The third kappa shape index (κ3) is 5.17. The van der Waals surface area contributed by atoms with E-state index in [-0.39, 0.29) is 17.7 Å². The maximum atomic E-state index is 12.3. The second-order valence-electron chi connectivity index (χ2n) is 6.87. The number of nitrogens with one attached hydrogen (secondary N) is 1. The second-order valence-corrected chi connectivity index (χ2v) is 8.25. The molecule has 1 amide bonds. The van der Waals surface area contributed by atoms with Crippen molar-refractivity contribution in [1.82, 2.24) is 20.1 Å². The molecule has 1 N–H and O–H groups in total. The molecule has 0 aliphatic heterocycles. The summed E-state index contributed by atoms with van der Waals surface area (Å²) in [6.07, 6.45) is 1.63. The molecule has 1 aromatic carbocycles. The summed E-state index contributed by atoms with van der Waals surface area (Å²) in [5.41, 5.74) is 0.896. The Morgan fingerprint density at radius 3 is 2.61 bits per heavy atom. The monoisotopic (exact) mass is 418 g/mol. The number of carbonyl (C=O) groups excluding carboxylic acids is 1. The summed E-state index contributed by atoms with van der Waals surface area (Å²) in [6, 6.07) is 11.3. The lowest BCUT2D eigenvalue weighted by Gasteiger charge is -2.17. The molecule has 0 unspecified atom stereocenters. The lowest BCUT2D eigenvalue weighted by atomic mass is 10.1. The van der Waals surface area contributed by atoms with E-state index in [4.69, 9.17) is 16.0 Å². The molecule has 2 aromatic heterocycles. The highest BCUT2D eigenvalue weighted by Gasteiger charge is 2.18. The number of carbonyl (C=O) groups is 1. The number of thioether (sulfide) groups is 1. The van der Waals surface area contributed by atoms with Crippen molar-refractivity contribution in [2.75, 3.05) is 5.75 Å². The first-order chi connectivity index (χ1) is 13.4. The van der Waals surface area contributed by atoms with Crippen molar-refractivity contribution in [3.8, 4) is 11.4 Å². The van der Waals surface area contributed by atoms with Gasteiger partial charge in [-0.3, -0.25) is 9.36 Å². The zero-order chi connectivity index (χ0) is 20.1. The molecule has 0 fully saturated rings. The van der Waals surface area contributed by atoms with Crippen LogP contribution in [0.3, 0.4) is 0 Å². The molecule has 8 heteroatoms. The summed E-state index contributed by atoms with van der Waals surface area (Å²) >= 11 is 7.36. The Morgan fingerprint density at radius 2 is 1.96 bits per heavy atom. The van der Waals surface area contributed by atoms with Gasteiger partial charge in [0.1, 0.15) is 5.76 Å². The summed E-state index contributed by atoms with van der Waals surface area (Å²) in [4.78, 5) is 12.3. The summed E-state index contributed by atoms with van der Waals surface area (Å²) in [5, 5.41) is 13.0. The van der Waals surface area contributed by atoms with Gasteiger partial charge in [0.2, 0.25) is 5.91 Å². The number of benzene rings is 1. The molecule has 0 radical (unpaired) electrons. The van der Waals surface area contributed by atoms with Crippen molar-refractivity contribution in [2.24, 2.45) is 5.92 Å². The molecule has 3 aromatic rings. The number of nitrogens with zero attached hydrogens (tertiary/aromatic N) is 3. The molecular formula is C20H23ClN4O2S. The summed E-state index contributed by atoms with van der Waals surface area (Å²) in [7, 11) is 0. The SMILES string of the molecule is CC(C)[C@@H](C)NC(=O)CSc1nnc(-c2ccc(Cl)cc2)n1Cc1ccco1. The van der Waals surface area contributed by atoms with Crippen LogP contribution >= 0.6 is 23.4 Å². The Morgan fingerprint density at radius 1 is 1.21 bits per heavy atom. The van der Waals surface area contributed by atoms with E-state index < -0.39 is 0 Å². The van der Waals surface area contributed by atoms with Gasteiger partial charge in [-0.2, -0.15) is 0 Å². The molecule has 0 aliphatic carbocycles. The number of halogens is 1. The van der Waals surface area contributed by atoms with Crippen LogP contribution < -0.4 is 5.32 Å². The highest BCUT2D eigenvalue weighted by Crippen LogP contribution is 2.26. The highest BCUT2D eigenvalue weighted by atomic mass is 35.5. The predicted molar refractivity (Wildman–Crippen MR) is 111 cm³/mol. The average molecular weight is 419 g/mol. The molecule has 2 heterocycles. The normalized spacial score (nSPS) is 12.3. The van der Waals surface area contributed by atoms with E-state index in [0.29, 0.717) is 28.5 Å². The van der Waals surface area contributed by atoms with Gasteiger partial charge < -0.3 is 9.73 Å². The van der Waals surface area contributed by atoms with Gasteiger partial charge in [0, 0.05) is 16.6 Å². The fourth-order valence-corrected chi connectivity index (χ4v) is 3.38. The lowest BCUT2D eigenvalue weighted by molar-refractivity contribution is -0.119. The number of aromatic nitrogens is 3. The van der Waals surface area contributed by atoms with Crippen molar-refractivity contribution in [3.63, 3.8) is 0 Å². The quantitative estimate of drug-likeness (QED) is 0.545. The molecule has 6 nitrogen and oxygen atoms in total. The number of furan rings is 1. The summed E-state index contributed by atoms with van der Waals surface area (Å²) in [5.74, 6) is 2.12. The van der Waals surface area contributed by atoms with Crippen LogP contribution in [0.5, 0.6) is 0 Å². The van der Waals surface area contributed by atoms with Crippen LogP contribution in [-0.4, -0.2) is 32.5 Å². The molecule has 0 aliphatic rings. The highest BCUT2D eigenvalue weighted by molar-refractivity contribution is 7.99. The number of hydrogen-bond acceptors (Lipinski definition) is 5. The van der Waals surface area contributed by atoms with Gasteiger partial charge in [0.05, 0.1) is 18.6 Å². The van der Waals surface area contributed by atoms with E-state index in [9.17, 15) is 4.79 Å². The summed E-state index contributed by atoms with van der Waals surface area (Å²) in [6.45, 7) is 6.64. The van der Waals surface area contributed by atoms with Crippen LogP contribution in [0.2, 0.25) is 5.02 Å². The van der Waals surface area contributed by atoms with Crippen molar-refractivity contribution in [2.45, 2.75) is 38.5 Å². The second kappa shape index (κ2) is 9.30. The number of amides is 1. The van der Waals surface area contributed by atoms with Gasteiger partial charge in [-0.05, 0) is 49.2 Å².